The van der Waals surface area contributed by atoms with E-state index in [9.17, 15) is 14.0 Å². The molecule has 0 bridgehead atoms. The normalized spacial score (nSPS) is 11.1. The summed E-state index contributed by atoms with van der Waals surface area (Å²) < 4.78 is 15.1. The van der Waals surface area contributed by atoms with E-state index in [1.165, 1.54) is 23.5 Å². The zero-order chi connectivity index (χ0) is 21.4. The predicted octanol–water partition coefficient (Wildman–Crippen LogP) is 4.22. The van der Waals surface area contributed by atoms with Crippen LogP contribution in [0, 0.1) is 26.6 Å². The highest BCUT2D eigenvalue weighted by molar-refractivity contribution is 7.19. The van der Waals surface area contributed by atoms with E-state index in [1.807, 2.05) is 32.0 Å². The Morgan fingerprint density at radius 3 is 2.57 bits per heavy atom. The summed E-state index contributed by atoms with van der Waals surface area (Å²) in [6, 6.07) is 11.6. The van der Waals surface area contributed by atoms with Crippen molar-refractivity contribution in [3.63, 3.8) is 0 Å². The summed E-state index contributed by atoms with van der Waals surface area (Å²) in [4.78, 5) is 29.8. The van der Waals surface area contributed by atoms with Crippen molar-refractivity contribution in [1.29, 1.82) is 0 Å². The first kappa shape index (κ1) is 19.9. The highest BCUT2D eigenvalue weighted by Crippen LogP contribution is 2.29. The van der Waals surface area contributed by atoms with Crippen LogP contribution in [0.15, 0.2) is 47.3 Å². The molecule has 0 atom stereocenters. The second kappa shape index (κ2) is 7.79. The van der Waals surface area contributed by atoms with Gasteiger partial charge in [-0.25, -0.2) is 14.1 Å². The molecule has 0 aliphatic rings. The molecule has 30 heavy (non-hydrogen) atoms. The minimum atomic E-state index is -0.434. The smallest absolute Gasteiger partial charge is 0.294 e. The van der Waals surface area contributed by atoms with Gasteiger partial charge in [0.2, 0.25) is 5.91 Å². The standard InChI is InChI=1S/C22H19FN4O2S/c1-12-4-9-17(13(2)10-12)25-18(28)11-27-22(29)20-21(30-14(3)24-20)19(26-27)15-5-7-16(23)8-6-15/h4-10H,11H2,1-3H3,(H,25,28). The number of aryl methyl sites for hydroxylation is 3. The summed E-state index contributed by atoms with van der Waals surface area (Å²) in [6.45, 7) is 5.43. The fourth-order valence-electron chi connectivity index (χ4n) is 3.25. The zero-order valence-corrected chi connectivity index (χ0v) is 17.5. The van der Waals surface area contributed by atoms with Crippen LogP contribution in [-0.4, -0.2) is 20.7 Å². The lowest BCUT2D eigenvalue weighted by Crippen LogP contribution is -2.30. The molecule has 2 aromatic carbocycles. The molecule has 2 heterocycles. The van der Waals surface area contributed by atoms with Gasteiger partial charge in [-0.3, -0.25) is 9.59 Å². The second-order valence-electron chi connectivity index (χ2n) is 7.10. The molecule has 0 spiro atoms. The predicted molar refractivity (Wildman–Crippen MR) is 116 cm³/mol. The van der Waals surface area contributed by atoms with E-state index < -0.39 is 5.56 Å². The average Bonchev–Trinajstić information content (AvgIpc) is 3.09. The van der Waals surface area contributed by atoms with Crippen LogP contribution in [0.2, 0.25) is 0 Å². The van der Waals surface area contributed by atoms with Crippen molar-refractivity contribution in [2.75, 3.05) is 5.32 Å². The molecule has 4 rings (SSSR count). The Balaban J connectivity index is 1.73. The van der Waals surface area contributed by atoms with Crippen LogP contribution in [0.4, 0.5) is 10.1 Å². The van der Waals surface area contributed by atoms with Crippen molar-refractivity contribution in [3.05, 3.63) is 74.8 Å². The Bertz CT molecular complexity index is 1330. The van der Waals surface area contributed by atoms with Gasteiger partial charge in [0.15, 0.2) is 5.52 Å². The van der Waals surface area contributed by atoms with Gasteiger partial charge >= 0.3 is 0 Å². The van der Waals surface area contributed by atoms with E-state index in [0.717, 1.165) is 15.8 Å². The number of hydrogen-bond acceptors (Lipinski definition) is 5. The molecule has 0 aliphatic carbocycles. The third-order valence-corrected chi connectivity index (χ3v) is 5.65. The van der Waals surface area contributed by atoms with Crippen LogP contribution < -0.4 is 10.9 Å². The number of amides is 1. The van der Waals surface area contributed by atoms with Gasteiger partial charge < -0.3 is 5.32 Å². The van der Waals surface area contributed by atoms with E-state index in [0.29, 0.717) is 26.7 Å². The van der Waals surface area contributed by atoms with Crippen molar-refractivity contribution in [1.82, 2.24) is 14.8 Å². The number of halogens is 1. The van der Waals surface area contributed by atoms with Gasteiger partial charge in [0.05, 0.1) is 9.71 Å². The molecule has 0 saturated carbocycles. The van der Waals surface area contributed by atoms with Crippen LogP contribution >= 0.6 is 11.3 Å². The topological polar surface area (TPSA) is 76.9 Å². The van der Waals surface area contributed by atoms with Crippen molar-refractivity contribution < 1.29 is 9.18 Å². The lowest BCUT2D eigenvalue weighted by Gasteiger charge is -2.11. The van der Waals surface area contributed by atoms with E-state index in [-0.39, 0.29) is 23.8 Å². The number of thiazole rings is 1. The van der Waals surface area contributed by atoms with Gasteiger partial charge in [-0.1, -0.05) is 17.7 Å². The maximum Gasteiger partial charge on any atom is 0.294 e. The monoisotopic (exact) mass is 422 g/mol. The van der Waals surface area contributed by atoms with Crippen molar-refractivity contribution in [2.45, 2.75) is 27.3 Å². The summed E-state index contributed by atoms with van der Waals surface area (Å²) in [5.41, 5.74) is 3.67. The van der Waals surface area contributed by atoms with Gasteiger partial charge in [-0.05, 0) is 56.7 Å². The van der Waals surface area contributed by atoms with E-state index in [4.69, 9.17) is 0 Å². The second-order valence-corrected chi connectivity index (χ2v) is 8.30. The Morgan fingerprint density at radius 2 is 1.87 bits per heavy atom. The maximum absolute atomic E-state index is 13.4. The summed E-state index contributed by atoms with van der Waals surface area (Å²) in [6.07, 6.45) is 0. The molecule has 0 radical (unpaired) electrons. The SMILES string of the molecule is Cc1ccc(NC(=O)Cn2nc(-c3ccc(F)cc3)c3sc(C)nc3c2=O)c(C)c1. The number of hydrogen-bond donors (Lipinski definition) is 1. The average molecular weight is 422 g/mol. The Morgan fingerprint density at radius 1 is 1.13 bits per heavy atom. The van der Waals surface area contributed by atoms with Crippen molar-refractivity contribution >= 4 is 33.1 Å². The highest BCUT2D eigenvalue weighted by atomic mass is 32.1. The first-order valence-electron chi connectivity index (χ1n) is 9.33. The Hall–Kier alpha value is -3.39. The summed E-state index contributed by atoms with van der Waals surface area (Å²) in [7, 11) is 0. The molecule has 1 N–H and O–H groups in total. The number of carbonyl (C=O) groups excluding carboxylic acids is 1. The van der Waals surface area contributed by atoms with Crippen LogP contribution in [-0.2, 0) is 11.3 Å². The molecule has 8 heteroatoms. The number of nitrogens with one attached hydrogen (secondary N) is 1. The number of nitrogens with zero attached hydrogens (tertiary/aromatic N) is 3. The third kappa shape index (κ3) is 3.86. The van der Waals surface area contributed by atoms with Crippen LogP contribution in [0.25, 0.3) is 21.5 Å². The van der Waals surface area contributed by atoms with Gasteiger partial charge in [0.25, 0.3) is 5.56 Å². The molecular formula is C22H19FN4O2S. The fraction of sp³-hybridized carbons (Fsp3) is 0.182. The zero-order valence-electron chi connectivity index (χ0n) is 16.7. The molecular weight excluding hydrogens is 403 g/mol. The first-order chi connectivity index (χ1) is 14.3. The molecule has 6 nitrogen and oxygen atoms in total. The minimum Gasteiger partial charge on any atom is -0.324 e. The molecule has 0 fully saturated rings. The van der Waals surface area contributed by atoms with E-state index in [2.05, 4.69) is 15.4 Å². The van der Waals surface area contributed by atoms with Crippen LogP contribution in [0.1, 0.15) is 16.1 Å². The summed E-state index contributed by atoms with van der Waals surface area (Å²) in [5.74, 6) is -0.732. The largest absolute Gasteiger partial charge is 0.324 e. The maximum atomic E-state index is 13.4. The summed E-state index contributed by atoms with van der Waals surface area (Å²) >= 11 is 1.34. The van der Waals surface area contributed by atoms with E-state index >= 15 is 0 Å². The number of aromatic nitrogens is 3. The van der Waals surface area contributed by atoms with Crippen LogP contribution in [0.3, 0.4) is 0 Å². The Kier molecular flexibility index (Phi) is 5.17. The van der Waals surface area contributed by atoms with Crippen molar-refractivity contribution in [3.8, 4) is 11.3 Å². The molecule has 0 unspecified atom stereocenters. The molecule has 0 aliphatic heterocycles. The quantitative estimate of drug-likeness (QED) is 0.534. The molecule has 0 saturated heterocycles. The highest BCUT2D eigenvalue weighted by Gasteiger charge is 2.18. The lowest BCUT2D eigenvalue weighted by molar-refractivity contribution is -0.117. The Labute approximate surface area is 176 Å². The van der Waals surface area contributed by atoms with Gasteiger partial charge in [0, 0.05) is 11.3 Å². The number of benzene rings is 2. The number of rotatable bonds is 4. The molecule has 1 amide bonds. The van der Waals surface area contributed by atoms with Gasteiger partial charge in [-0.15, -0.1) is 11.3 Å². The lowest BCUT2D eigenvalue weighted by atomic mass is 10.1. The minimum absolute atomic E-state index is 0.256. The number of anilines is 1. The first-order valence-corrected chi connectivity index (χ1v) is 10.1. The van der Waals surface area contributed by atoms with Gasteiger partial charge in [0.1, 0.15) is 18.1 Å². The fourth-order valence-corrected chi connectivity index (χ4v) is 4.17. The molecule has 4 aromatic rings. The summed E-state index contributed by atoms with van der Waals surface area (Å²) in [5, 5.41) is 7.96. The van der Waals surface area contributed by atoms with Gasteiger partial charge in [-0.2, -0.15) is 5.10 Å². The molecule has 2 aromatic heterocycles. The van der Waals surface area contributed by atoms with E-state index in [1.54, 1.807) is 19.1 Å². The number of fused-ring (bicyclic) bond motifs is 1. The van der Waals surface area contributed by atoms with Crippen molar-refractivity contribution in [2.24, 2.45) is 0 Å². The number of carbonyl (C=O) groups is 1. The van der Waals surface area contributed by atoms with Crippen LogP contribution in [0.5, 0.6) is 0 Å². The third-order valence-electron chi connectivity index (χ3n) is 4.67. The molecule has 152 valence electrons.